The smallest absolute Gasteiger partial charge is 0.124 e. The van der Waals surface area contributed by atoms with Gasteiger partial charge in [0.05, 0.1) is 7.11 Å². The number of nitrogens with zero attached hydrogens (tertiary/aromatic N) is 1. The molecule has 0 aliphatic heterocycles. The summed E-state index contributed by atoms with van der Waals surface area (Å²) in [5.41, 5.74) is 5.11. The second-order valence-corrected chi connectivity index (χ2v) is 4.57. The van der Waals surface area contributed by atoms with Crippen molar-refractivity contribution in [3.8, 4) is 5.75 Å². The zero-order valence-electron chi connectivity index (χ0n) is 10.8. The molecule has 0 unspecified atom stereocenters. The predicted octanol–water partition coefficient (Wildman–Crippen LogP) is 2.94. The number of aryl methyl sites for hydroxylation is 1. The molecule has 0 radical (unpaired) electrons. The van der Waals surface area contributed by atoms with Crippen LogP contribution in [0.3, 0.4) is 0 Å². The highest BCUT2D eigenvalue weighted by molar-refractivity contribution is 7.80. The molecule has 0 spiro atoms. The van der Waals surface area contributed by atoms with E-state index >= 15 is 0 Å². The number of hydrogen-bond acceptors (Lipinski definition) is 3. The molecule has 1 aromatic carbocycles. The largest absolute Gasteiger partial charge is 0.496 e. The Bertz CT molecular complexity index is 377. The van der Waals surface area contributed by atoms with Crippen molar-refractivity contribution in [1.29, 1.82) is 0 Å². The van der Waals surface area contributed by atoms with Crippen molar-refractivity contribution < 1.29 is 4.74 Å². The van der Waals surface area contributed by atoms with Crippen LogP contribution in [-0.4, -0.2) is 24.9 Å². The Morgan fingerprint density at radius 1 is 1.25 bits per heavy atom. The maximum atomic E-state index is 5.41. The molecule has 0 bridgehead atoms. The van der Waals surface area contributed by atoms with Crippen LogP contribution in [0.2, 0.25) is 0 Å². The lowest BCUT2D eigenvalue weighted by molar-refractivity contribution is 0.384. The fourth-order valence-corrected chi connectivity index (χ4v) is 2.06. The molecule has 16 heavy (non-hydrogen) atoms. The molecule has 1 rings (SSSR count). The highest BCUT2D eigenvalue weighted by Gasteiger charge is 2.11. The topological polar surface area (TPSA) is 12.5 Å². The third kappa shape index (κ3) is 2.71. The molecule has 0 N–H and O–H groups in total. The fourth-order valence-electron chi connectivity index (χ4n) is 1.96. The van der Waals surface area contributed by atoms with Gasteiger partial charge >= 0.3 is 0 Å². The van der Waals surface area contributed by atoms with Crippen LogP contribution >= 0.6 is 12.6 Å². The first-order valence-corrected chi connectivity index (χ1v) is 6.07. The van der Waals surface area contributed by atoms with Crippen LogP contribution in [0.25, 0.3) is 0 Å². The van der Waals surface area contributed by atoms with E-state index in [1.165, 1.54) is 22.3 Å². The van der Waals surface area contributed by atoms with E-state index in [0.29, 0.717) is 0 Å². The van der Waals surface area contributed by atoms with Gasteiger partial charge in [0, 0.05) is 12.4 Å². The molecule has 2 nitrogen and oxygen atoms in total. The summed E-state index contributed by atoms with van der Waals surface area (Å²) in [5.74, 6) is 1.78. The van der Waals surface area contributed by atoms with Gasteiger partial charge < -0.3 is 4.74 Å². The highest BCUT2D eigenvalue weighted by atomic mass is 32.1. The summed E-state index contributed by atoms with van der Waals surface area (Å²) in [6, 6.07) is 2.21. The quantitative estimate of drug-likeness (QED) is 0.640. The zero-order valence-corrected chi connectivity index (χ0v) is 11.7. The van der Waals surface area contributed by atoms with Gasteiger partial charge in [-0.25, -0.2) is 0 Å². The summed E-state index contributed by atoms with van der Waals surface area (Å²) >= 11 is 4.27. The number of thiol groups is 1. The van der Waals surface area contributed by atoms with Gasteiger partial charge in [0.1, 0.15) is 5.75 Å². The lowest BCUT2D eigenvalue weighted by Gasteiger charge is -2.19. The summed E-state index contributed by atoms with van der Waals surface area (Å²) in [6.07, 6.45) is 0. The number of hydrogen-bond donors (Lipinski definition) is 1. The van der Waals surface area contributed by atoms with Crippen LogP contribution in [0.5, 0.6) is 5.75 Å². The molecule has 1 aromatic rings. The lowest BCUT2D eigenvalue weighted by Crippen LogP contribution is -2.16. The van der Waals surface area contributed by atoms with E-state index < -0.39 is 0 Å². The van der Waals surface area contributed by atoms with Gasteiger partial charge in [-0.15, -0.1) is 0 Å². The second kappa shape index (κ2) is 5.60. The molecule has 0 saturated heterocycles. The van der Waals surface area contributed by atoms with Gasteiger partial charge in [0.2, 0.25) is 0 Å². The van der Waals surface area contributed by atoms with Gasteiger partial charge in [-0.05, 0) is 50.1 Å². The van der Waals surface area contributed by atoms with E-state index in [4.69, 9.17) is 4.74 Å². The van der Waals surface area contributed by atoms with Gasteiger partial charge in [-0.1, -0.05) is 6.07 Å². The molecule has 0 heterocycles. The maximum Gasteiger partial charge on any atom is 0.124 e. The normalized spacial score (nSPS) is 10.9. The SMILES string of the molecule is COc1c(C)cc(CN(C)CS)c(C)c1C. The molecule has 0 saturated carbocycles. The van der Waals surface area contributed by atoms with E-state index in [-0.39, 0.29) is 0 Å². The summed E-state index contributed by atoms with van der Waals surface area (Å²) < 4.78 is 5.41. The van der Waals surface area contributed by atoms with Gasteiger partial charge in [-0.2, -0.15) is 12.6 Å². The molecule has 0 atom stereocenters. The average molecular weight is 239 g/mol. The van der Waals surface area contributed by atoms with Crippen molar-refractivity contribution >= 4 is 12.6 Å². The highest BCUT2D eigenvalue weighted by Crippen LogP contribution is 2.28. The summed E-state index contributed by atoms with van der Waals surface area (Å²) in [5, 5.41) is 0. The van der Waals surface area contributed by atoms with Crippen molar-refractivity contribution in [2.45, 2.75) is 27.3 Å². The van der Waals surface area contributed by atoms with Gasteiger partial charge in [0.25, 0.3) is 0 Å². The van der Waals surface area contributed by atoms with E-state index in [1.54, 1.807) is 7.11 Å². The van der Waals surface area contributed by atoms with Crippen LogP contribution in [0.1, 0.15) is 22.3 Å². The molecule has 3 heteroatoms. The molecule has 90 valence electrons. The van der Waals surface area contributed by atoms with E-state index in [0.717, 1.165) is 18.2 Å². The standard InChI is InChI=1S/C13H21NOS/c1-9-6-12(7-14(4)8-16)10(2)11(3)13(9)15-5/h6,16H,7-8H2,1-5H3. The zero-order chi connectivity index (χ0) is 12.3. The fraction of sp³-hybridized carbons (Fsp3) is 0.538. The van der Waals surface area contributed by atoms with Gasteiger partial charge in [-0.3, -0.25) is 4.90 Å². The molecule has 0 amide bonds. The molecule has 0 aliphatic rings. The molecule has 0 aromatic heterocycles. The van der Waals surface area contributed by atoms with Crippen molar-refractivity contribution in [3.05, 3.63) is 28.3 Å². The number of rotatable bonds is 4. The van der Waals surface area contributed by atoms with Gasteiger partial charge in [0.15, 0.2) is 0 Å². The van der Waals surface area contributed by atoms with Crippen molar-refractivity contribution in [2.24, 2.45) is 0 Å². The Balaban J connectivity index is 3.13. The number of ether oxygens (including phenoxy) is 1. The maximum absolute atomic E-state index is 5.41. The third-order valence-electron chi connectivity index (χ3n) is 3.02. The minimum absolute atomic E-state index is 0.767. The van der Waals surface area contributed by atoms with E-state index in [9.17, 15) is 0 Å². The van der Waals surface area contributed by atoms with Crippen LogP contribution < -0.4 is 4.74 Å². The first-order chi connectivity index (χ1) is 7.51. The van der Waals surface area contributed by atoms with Crippen LogP contribution in [0.15, 0.2) is 6.07 Å². The third-order valence-corrected chi connectivity index (χ3v) is 3.50. The Hall–Kier alpha value is -0.670. The molecule has 0 aliphatic carbocycles. The monoisotopic (exact) mass is 239 g/mol. The van der Waals surface area contributed by atoms with Crippen molar-refractivity contribution in [2.75, 3.05) is 20.0 Å². The second-order valence-electron chi connectivity index (χ2n) is 4.29. The summed E-state index contributed by atoms with van der Waals surface area (Å²) in [6.45, 7) is 7.29. The Morgan fingerprint density at radius 3 is 2.38 bits per heavy atom. The number of benzene rings is 1. The average Bonchev–Trinajstić information content (AvgIpc) is 2.26. The Kier molecular flexibility index (Phi) is 4.69. The molecular formula is C13H21NOS. The first kappa shape index (κ1) is 13.4. The van der Waals surface area contributed by atoms with Crippen LogP contribution in [0, 0.1) is 20.8 Å². The van der Waals surface area contributed by atoms with Crippen molar-refractivity contribution in [3.63, 3.8) is 0 Å². The minimum atomic E-state index is 0.767. The Labute approximate surface area is 104 Å². The van der Waals surface area contributed by atoms with Crippen LogP contribution in [0.4, 0.5) is 0 Å². The lowest BCUT2D eigenvalue weighted by atomic mass is 9.98. The summed E-state index contributed by atoms with van der Waals surface area (Å²) in [4.78, 5) is 2.18. The number of methoxy groups -OCH3 is 1. The molecular weight excluding hydrogens is 218 g/mol. The van der Waals surface area contributed by atoms with Crippen LogP contribution in [-0.2, 0) is 6.54 Å². The van der Waals surface area contributed by atoms with E-state index in [1.807, 2.05) is 0 Å². The minimum Gasteiger partial charge on any atom is -0.496 e. The molecule has 0 fully saturated rings. The van der Waals surface area contributed by atoms with Crippen molar-refractivity contribution in [1.82, 2.24) is 4.90 Å². The first-order valence-electron chi connectivity index (χ1n) is 5.44. The van der Waals surface area contributed by atoms with E-state index in [2.05, 4.69) is 51.4 Å². The predicted molar refractivity (Wildman–Crippen MR) is 72.5 cm³/mol. The summed E-state index contributed by atoms with van der Waals surface area (Å²) in [7, 11) is 3.80. The Morgan fingerprint density at radius 2 is 1.88 bits per heavy atom.